The molecule has 1 aliphatic rings. The number of H-pyrrole nitrogens is 1. The number of aromatic amines is 1. The molecule has 1 saturated heterocycles. The summed E-state index contributed by atoms with van der Waals surface area (Å²) in [5.74, 6) is 0. The van der Waals surface area contributed by atoms with Crippen molar-refractivity contribution >= 4 is 12.2 Å². The van der Waals surface area contributed by atoms with E-state index < -0.39 is 24.5 Å². The van der Waals surface area contributed by atoms with Gasteiger partial charge in [-0.25, -0.2) is 0 Å². The summed E-state index contributed by atoms with van der Waals surface area (Å²) in [6.07, 6.45) is -1.59. The van der Waals surface area contributed by atoms with Gasteiger partial charge in [-0.15, -0.1) is 0 Å². The minimum atomic E-state index is -0.959. The zero-order valence-electron chi connectivity index (χ0n) is 9.65. The first-order valence-corrected chi connectivity index (χ1v) is 5.78. The van der Waals surface area contributed by atoms with Crippen molar-refractivity contribution in [2.75, 3.05) is 13.7 Å². The Labute approximate surface area is 108 Å². The number of methoxy groups -OCH3 is 1. The van der Waals surface area contributed by atoms with Gasteiger partial charge in [-0.2, -0.15) is 0 Å². The molecule has 0 radical (unpaired) electrons. The Morgan fingerprint density at radius 2 is 2.39 bits per heavy atom. The molecule has 4 atom stereocenters. The number of nitrogens with zero attached hydrogens (tertiary/aromatic N) is 1. The Bertz CT molecular complexity index is 527. The van der Waals surface area contributed by atoms with Crippen LogP contribution in [0.1, 0.15) is 6.23 Å². The van der Waals surface area contributed by atoms with Crippen LogP contribution in [0.3, 0.4) is 0 Å². The first-order chi connectivity index (χ1) is 8.58. The summed E-state index contributed by atoms with van der Waals surface area (Å²) in [4.78, 5) is 13.5. The molecule has 2 rings (SSSR count). The highest BCUT2D eigenvalue weighted by Crippen LogP contribution is 2.30. The van der Waals surface area contributed by atoms with E-state index in [2.05, 4.69) is 4.98 Å². The van der Waals surface area contributed by atoms with Gasteiger partial charge in [0.1, 0.15) is 18.3 Å². The van der Waals surface area contributed by atoms with Gasteiger partial charge in [0.15, 0.2) is 11.0 Å². The second-order valence-corrected chi connectivity index (χ2v) is 4.34. The molecule has 1 aromatic rings. The standard InChI is InChI=1S/C10H14N2O5S/c1-16-8-7(15)5(4-13)17-9(8)12-3-2-6(14)11-10(12)18/h2-3,5,7-9,13,15H,4H2,1H3,(H,11,14,18)/t5-,7?,8?,9-/m1/s1. The van der Waals surface area contributed by atoms with Crippen LogP contribution in [0.4, 0.5) is 0 Å². The van der Waals surface area contributed by atoms with Crippen molar-refractivity contribution in [1.29, 1.82) is 0 Å². The van der Waals surface area contributed by atoms with Crippen LogP contribution in [0, 0.1) is 4.77 Å². The molecule has 0 aliphatic carbocycles. The van der Waals surface area contributed by atoms with E-state index >= 15 is 0 Å². The highest BCUT2D eigenvalue weighted by atomic mass is 32.1. The molecule has 0 aromatic carbocycles. The van der Waals surface area contributed by atoms with E-state index in [9.17, 15) is 9.90 Å². The molecule has 7 nitrogen and oxygen atoms in total. The van der Waals surface area contributed by atoms with Crippen LogP contribution in [0.15, 0.2) is 17.1 Å². The monoisotopic (exact) mass is 274 g/mol. The average Bonchev–Trinajstić information content (AvgIpc) is 2.65. The number of aliphatic hydroxyl groups excluding tert-OH is 2. The zero-order valence-corrected chi connectivity index (χ0v) is 10.5. The van der Waals surface area contributed by atoms with Crippen LogP contribution in [-0.2, 0) is 9.47 Å². The maximum absolute atomic E-state index is 11.1. The molecule has 0 amide bonds. The normalized spacial score (nSPS) is 31.7. The lowest BCUT2D eigenvalue weighted by molar-refractivity contribution is -0.0616. The van der Waals surface area contributed by atoms with Gasteiger partial charge < -0.3 is 19.7 Å². The van der Waals surface area contributed by atoms with E-state index in [1.807, 2.05) is 0 Å². The van der Waals surface area contributed by atoms with Gasteiger partial charge in [0.05, 0.1) is 6.61 Å². The Kier molecular flexibility index (Phi) is 3.93. The summed E-state index contributed by atoms with van der Waals surface area (Å²) in [5.41, 5.74) is -0.317. The average molecular weight is 274 g/mol. The predicted molar refractivity (Wildman–Crippen MR) is 63.7 cm³/mol. The highest BCUT2D eigenvalue weighted by molar-refractivity contribution is 7.71. The Balaban J connectivity index is 2.38. The lowest BCUT2D eigenvalue weighted by atomic mass is 10.1. The lowest BCUT2D eigenvalue weighted by Gasteiger charge is -2.20. The maximum Gasteiger partial charge on any atom is 0.251 e. The predicted octanol–water partition coefficient (Wildman–Crippen LogP) is -0.829. The molecule has 2 heterocycles. The first kappa shape index (κ1) is 13.4. The van der Waals surface area contributed by atoms with Crippen LogP contribution in [-0.4, -0.2) is 51.8 Å². The fourth-order valence-corrected chi connectivity index (χ4v) is 2.24. The fraction of sp³-hybridized carbons (Fsp3) is 0.600. The molecule has 2 unspecified atom stereocenters. The van der Waals surface area contributed by atoms with Crippen LogP contribution in [0.2, 0.25) is 0 Å². The van der Waals surface area contributed by atoms with Gasteiger partial charge in [0, 0.05) is 19.4 Å². The second-order valence-electron chi connectivity index (χ2n) is 3.96. The van der Waals surface area contributed by atoms with E-state index in [0.717, 1.165) is 0 Å². The summed E-state index contributed by atoms with van der Waals surface area (Å²) < 4.78 is 12.3. The van der Waals surface area contributed by atoms with E-state index in [4.69, 9.17) is 26.8 Å². The summed E-state index contributed by atoms with van der Waals surface area (Å²) >= 11 is 5.02. The lowest BCUT2D eigenvalue weighted by Crippen LogP contribution is -2.35. The van der Waals surface area contributed by atoms with Crippen molar-refractivity contribution in [3.8, 4) is 0 Å². The quantitative estimate of drug-likeness (QED) is 0.623. The number of hydrogen-bond acceptors (Lipinski definition) is 6. The molecule has 18 heavy (non-hydrogen) atoms. The van der Waals surface area contributed by atoms with Crippen LogP contribution in [0.25, 0.3) is 0 Å². The number of rotatable bonds is 3. The molecular weight excluding hydrogens is 260 g/mol. The Morgan fingerprint density at radius 1 is 1.67 bits per heavy atom. The number of aliphatic hydroxyl groups is 2. The third-order valence-corrected chi connectivity index (χ3v) is 3.20. The highest BCUT2D eigenvalue weighted by Gasteiger charge is 2.44. The summed E-state index contributed by atoms with van der Waals surface area (Å²) in [6, 6.07) is 1.30. The molecular formula is C10H14N2O5S. The van der Waals surface area contributed by atoms with Gasteiger partial charge in [0.25, 0.3) is 5.56 Å². The SMILES string of the molecule is COC1C(O)[C@@H](CO)O[C@H]1n1ccc(=O)[nH]c1=S. The topological polar surface area (TPSA) is 96.7 Å². The van der Waals surface area contributed by atoms with Gasteiger partial charge in [0.2, 0.25) is 0 Å². The summed E-state index contributed by atoms with van der Waals surface area (Å²) in [7, 11) is 1.43. The number of aromatic nitrogens is 2. The van der Waals surface area contributed by atoms with Gasteiger partial charge in [-0.3, -0.25) is 14.3 Å². The maximum atomic E-state index is 11.1. The molecule has 3 N–H and O–H groups in total. The Morgan fingerprint density at radius 3 is 2.94 bits per heavy atom. The van der Waals surface area contributed by atoms with E-state index in [0.29, 0.717) is 0 Å². The zero-order chi connectivity index (χ0) is 13.3. The number of hydrogen-bond donors (Lipinski definition) is 3. The summed E-state index contributed by atoms with van der Waals surface area (Å²) in [5, 5.41) is 19.0. The third-order valence-electron chi connectivity index (χ3n) is 2.89. The van der Waals surface area contributed by atoms with E-state index in [-0.39, 0.29) is 16.9 Å². The number of nitrogens with one attached hydrogen (secondary N) is 1. The van der Waals surface area contributed by atoms with Crippen molar-refractivity contribution in [3.63, 3.8) is 0 Å². The largest absolute Gasteiger partial charge is 0.394 e. The fourth-order valence-electron chi connectivity index (χ4n) is 1.98. The van der Waals surface area contributed by atoms with Crippen LogP contribution >= 0.6 is 12.2 Å². The Hall–Kier alpha value is -1.06. The molecule has 1 fully saturated rings. The van der Waals surface area contributed by atoms with Crippen molar-refractivity contribution in [3.05, 3.63) is 27.4 Å². The minimum absolute atomic E-state index is 0.167. The second kappa shape index (κ2) is 5.29. The first-order valence-electron chi connectivity index (χ1n) is 5.37. The van der Waals surface area contributed by atoms with Crippen LogP contribution < -0.4 is 5.56 Å². The molecule has 1 aromatic heterocycles. The van der Waals surface area contributed by atoms with Gasteiger partial charge in [-0.05, 0) is 12.2 Å². The van der Waals surface area contributed by atoms with E-state index in [1.165, 1.54) is 23.9 Å². The van der Waals surface area contributed by atoms with Crippen molar-refractivity contribution in [2.24, 2.45) is 0 Å². The van der Waals surface area contributed by atoms with Crippen molar-refractivity contribution in [2.45, 2.75) is 24.5 Å². The third kappa shape index (κ3) is 2.25. The molecule has 100 valence electrons. The van der Waals surface area contributed by atoms with Gasteiger partial charge >= 0.3 is 0 Å². The molecule has 1 aliphatic heterocycles. The number of ether oxygens (including phenoxy) is 2. The van der Waals surface area contributed by atoms with Crippen molar-refractivity contribution < 1.29 is 19.7 Å². The molecule has 0 bridgehead atoms. The molecule has 8 heteroatoms. The molecule has 0 spiro atoms. The minimum Gasteiger partial charge on any atom is -0.394 e. The van der Waals surface area contributed by atoms with Crippen LogP contribution in [0.5, 0.6) is 0 Å². The van der Waals surface area contributed by atoms with Crippen molar-refractivity contribution in [1.82, 2.24) is 9.55 Å². The van der Waals surface area contributed by atoms with Gasteiger partial charge in [-0.1, -0.05) is 0 Å². The smallest absolute Gasteiger partial charge is 0.251 e. The molecule has 0 saturated carbocycles. The van der Waals surface area contributed by atoms with E-state index in [1.54, 1.807) is 0 Å². The summed E-state index contributed by atoms with van der Waals surface area (Å²) in [6.45, 7) is -0.325.